The summed E-state index contributed by atoms with van der Waals surface area (Å²) in [5.74, 6) is 0.0872. The van der Waals surface area contributed by atoms with Gasteiger partial charge in [0.15, 0.2) is 0 Å². The van der Waals surface area contributed by atoms with Gasteiger partial charge in [-0.1, -0.05) is 25.1 Å². The molecule has 2 aliphatic heterocycles. The van der Waals surface area contributed by atoms with E-state index in [0.717, 1.165) is 12.1 Å². The highest BCUT2D eigenvalue weighted by atomic mass is 35.5. The lowest BCUT2D eigenvalue weighted by Gasteiger charge is -2.44. The molecule has 1 N–H and O–H groups in total. The van der Waals surface area contributed by atoms with Crippen molar-refractivity contribution in [3.05, 3.63) is 30.3 Å². The van der Waals surface area contributed by atoms with E-state index < -0.39 is 11.0 Å². The lowest BCUT2D eigenvalue weighted by atomic mass is 9.84. The fourth-order valence-electron chi connectivity index (χ4n) is 4.48. The van der Waals surface area contributed by atoms with Crippen LogP contribution in [0.15, 0.2) is 30.3 Å². The van der Waals surface area contributed by atoms with E-state index in [9.17, 15) is 14.4 Å². The third-order valence-electron chi connectivity index (χ3n) is 6.73. The van der Waals surface area contributed by atoms with Crippen molar-refractivity contribution in [2.24, 2.45) is 5.41 Å². The first-order valence-electron chi connectivity index (χ1n) is 11.4. The van der Waals surface area contributed by atoms with Gasteiger partial charge in [-0.05, 0) is 52.2 Å². The molecule has 1 atom stereocenters. The number of alkyl halides is 1. The Kier molecular flexibility index (Phi) is 7.38. The molecule has 3 rings (SSSR count). The van der Waals surface area contributed by atoms with Crippen LogP contribution in [0, 0.1) is 5.41 Å². The molecule has 1 spiro atoms. The van der Waals surface area contributed by atoms with Gasteiger partial charge in [0, 0.05) is 30.7 Å². The zero-order valence-electron chi connectivity index (χ0n) is 19.6. The lowest BCUT2D eigenvalue weighted by molar-refractivity contribution is -0.144. The number of carbonyl (C=O) groups excluding carboxylic acids is 3. The van der Waals surface area contributed by atoms with Crippen molar-refractivity contribution in [1.82, 2.24) is 15.1 Å². The summed E-state index contributed by atoms with van der Waals surface area (Å²) >= 11 is 6.01. The van der Waals surface area contributed by atoms with Crippen LogP contribution < -0.4 is 10.2 Å². The smallest absolute Gasteiger partial charge is 0.250 e. The van der Waals surface area contributed by atoms with Gasteiger partial charge in [-0.3, -0.25) is 14.4 Å². The average molecular weight is 463 g/mol. The molecule has 1 aromatic rings. The first-order chi connectivity index (χ1) is 15.1. The van der Waals surface area contributed by atoms with E-state index in [1.807, 2.05) is 62.9 Å². The third kappa shape index (κ3) is 4.72. The number of hydrogen-bond acceptors (Lipinski definition) is 4. The van der Waals surface area contributed by atoms with Crippen LogP contribution in [-0.4, -0.2) is 71.3 Å². The van der Waals surface area contributed by atoms with Crippen molar-refractivity contribution in [1.29, 1.82) is 0 Å². The molecule has 2 heterocycles. The summed E-state index contributed by atoms with van der Waals surface area (Å²) in [6.45, 7) is 9.04. The van der Waals surface area contributed by atoms with Gasteiger partial charge in [0.1, 0.15) is 12.1 Å². The number of halogens is 1. The highest BCUT2D eigenvalue weighted by Gasteiger charge is 2.54. The van der Waals surface area contributed by atoms with E-state index in [0.29, 0.717) is 32.6 Å². The molecule has 2 aliphatic rings. The zero-order valence-corrected chi connectivity index (χ0v) is 20.3. The summed E-state index contributed by atoms with van der Waals surface area (Å²) in [7, 11) is 0. The molecule has 0 saturated carbocycles. The highest BCUT2D eigenvalue weighted by Crippen LogP contribution is 2.40. The summed E-state index contributed by atoms with van der Waals surface area (Å²) in [5, 5.41) is 2.95. The molecule has 1 unspecified atom stereocenters. The number of nitrogens with zero attached hydrogens (tertiary/aromatic N) is 3. The van der Waals surface area contributed by atoms with E-state index in [-0.39, 0.29) is 36.2 Å². The molecular weight excluding hydrogens is 428 g/mol. The Bertz CT molecular complexity index is 837. The number of hydrogen-bond donors (Lipinski definition) is 1. The van der Waals surface area contributed by atoms with E-state index in [4.69, 9.17) is 11.6 Å². The van der Waals surface area contributed by atoms with Crippen LogP contribution in [-0.2, 0) is 14.4 Å². The fraction of sp³-hybridized carbons (Fsp3) is 0.625. The SMILES string of the molecule is CCC(C)NC(=O)CN1CN(c2ccccc2)C2(CCN(C(=O)C(C)(C)CCl)CC2)C1=O. The Morgan fingerprint density at radius 1 is 1.19 bits per heavy atom. The lowest BCUT2D eigenvalue weighted by Crippen LogP contribution is -2.58. The van der Waals surface area contributed by atoms with Crippen molar-refractivity contribution >= 4 is 35.0 Å². The molecule has 0 aliphatic carbocycles. The van der Waals surface area contributed by atoms with Crippen molar-refractivity contribution in [2.45, 2.75) is 58.5 Å². The molecule has 2 saturated heterocycles. The second kappa shape index (κ2) is 9.69. The summed E-state index contributed by atoms with van der Waals surface area (Å²) in [6, 6.07) is 9.90. The zero-order chi connectivity index (χ0) is 23.5. The van der Waals surface area contributed by atoms with Crippen molar-refractivity contribution < 1.29 is 14.4 Å². The number of para-hydroxylation sites is 1. The van der Waals surface area contributed by atoms with Gasteiger partial charge in [0.25, 0.3) is 5.91 Å². The standard InChI is InChI=1S/C24H35ClN4O3/c1-5-18(2)26-20(30)15-28-17-29(19-9-7-6-8-10-19)24(22(28)32)11-13-27(14-12-24)21(31)23(3,4)16-25/h6-10,18H,5,11-17H2,1-4H3,(H,26,30). The van der Waals surface area contributed by atoms with Crippen LogP contribution in [0.1, 0.15) is 47.0 Å². The third-order valence-corrected chi connectivity index (χ3v) is 7.40. The number of benzene rings is 1. The van der Waals surface area contributed by atoms with Crippen LogP contribution in [0.3, 0.4) is 0 Å². The number of rotatable bonds is 7. The van der Waals surface area contributed by atoms with Gasteiger partial charge < -0.3 is 20.0 Å². The number of nitrogens with one attached hydrogen (secondary N) is 1. The minimum Gasteiger partial charge on any atom is -0.352 e. The Balaban J connectivity index is 1.81. The molecular formula is C24H35ClN4O3. The number of carbonyl (C=O) groups is 3. The molecule has 0 radical (unpaired) electrons. The summed E-state index contributed by atoms with van der Waals surface area (Å²) < 4.78 is 0. The highest BCUT2D eigenvalue weighted by molar-refractivity contribution is 6.19. The fourth-order valence-corrected chi connectivity index (χ4v) is 4.60. The van der Waals surface area contributed by atoms with E-state index in [1.165, 1.54) is 0 Å². The van der Waals surface area contributed by atoms with Crippen molar-refractivity contribution in [2.75, 3.05) is 37.1 Å². The Morgan fingerprint density at radius 3 is 2.38 bits per heavy atom. The van der Waals surface area contributed by atoms with E-state index in [2.05, 4.69) is 10.2 Å². The monoisotopic (exact) mass is 462 g/mol. The maximum absolute atomic E-state index is 13.7. The predicted molar refractivity (Wildman–Crippen MR) is 126 cm³/mol. The Labute approximate surface area is 196 Å². The van der Waals surface area contributed by atoms with Gasteiger partial charge in [0.2, 0.25) is 11.8 Å². The summed E-state index contributed by atoms with van der Waals surface area (Å²) in [5.41, 5.74) is -0.434. The molecule has 1 aromatic carbocycles. The molecule has 176 valence electrons. The van der Waals surface area contributed by atoms with Gasteiger partial charge in [0.05, 0.1) is 12.1 Å². The number of anilines is 1. The molecule has 8 heteroatoms. The number of likely N-dealkylation sites (tertiary alicyclic amines) is 1. The molecule has 7 nitrogen and oxygen atoms in total. The quantitative estimate of drug-likeness (QED) is 0.632. The number of piperidine rings is 1. The minimum absolute atomic E-state index is 0.0174. The van der Waals surface area contributed by atoms with Gasteiger partial charge in [-0.2, -0.15) is 0 Å². The first-order valence-corrected chi connectivity index (χ1v) is 11.9. The van der Waals surface area contributed by atoms with Gasteiger partial charge in [-0.15, -0.1) is 11.6 Å². The maximum Gasteiger partial charge on any atom is 0.250 e. The molecule has 0 aromatic heterocycles. The normalized spacial score (nSPS) is 19.4. The minimum atomic E-state index is -0.750. The van der Waals surface area contributed by atoms with Crippen molar-refractivity contribution in [3.63, 3.8) is 0 Å². The Morgan fingerprint density at radius 2 is 1.81 bits per heavy atom. The second-order valence-electron chi connectivity index (χ2n) is 9.63. The second-order valence-corrected chi connectivity index (χ2v) is 9.89. The topological polar surface area (TPSA) is 73.0 Å². The molecule has 32 heavy (non-hydrogen) atoms. The van der Waals surface area contributed by atoms with E-state index in [1.54, 1.807) is 4.90 Å². The van der Waals surface area contributed by atoms with Crippen LogP contribution in [0.25, 0.3) is 0 Å². The largest absolute Gasteiger partial charge is 0.352 e. The average Bonchev–Trinajstić information content (AvgIpc) is 3.05. The van der Waals surface area contributed by atoms with Crippen LogP contribution >= 0.6 is 11.6 Å². The van der Waals surface area contributed by atoms with Crippen LogP contribution in [0.4, 0.5) is 5.69 Å². The van der Waals surface area contributed by atoms with Gasteiger partial charge in [-0.25, -0.2) is 0 Å². The predicted octanol–water partition coefficient (Wildman–Crippen LogP) is 2.83. The summed E-state index contributed by atoms with van der Waals surface area (Å²) in [4.78, 5) is 44.7. The van der Waals surface area contributed by atoms with Crippen LogP contribution in [0.5, 0.6) is 0 Å². The van der Waals surface area contributed by atoms with Crippen molar-refractivity contribution in [3.8, 4) is 0 Å². The number of amides is 3. The van der Waals surface area contributed by atoms with E-state index >= 15 is 0 Å². The molecule has 0 bridgehead atoms. The maximum atomic E-state index is 13.7. The first kappa shape index (κ1) is 24.4. The van der Waals surface area contributed by atoms with Gasteiger partial charge >= 0.3 is 0 Å². The summed E-state index contributed by atoms with van der Waals surface area (Å²) in [6.07, 6.45) is 1.88. The Hall–Kier alpha value is -2.28. The molecule has 2 fully saturated rings. The molecule has 3 amide bonds. The van der Waals surface area contributed by atoms with Crippen LogP contribution in [0.2, 0.25) is 0 Å².